The van der Waals surface area contributed by atoms with Gasteiger partial charge in [0.15, 0.2) is 0 Å². The van der Waals surface area contributed by atoms with Crippen molar-refractivity contribution < 1.29 is 22.7 Å². The van der Waals surface area contributed by atoms with Crippen LogP contribution < -0.4 is 5.56 Å². The number of carbonyl (C=O) groups is 1. The van der Waals surface area contributed by atoms with Crippen molar-refractivity contribution in [3.05, 3.63) is 52.8 Å². The van der Waals surface area contributed by atoms with Gasteiger partial charge in [0.25, 0.3) is 5.56 Å². The highest BCUT2D eigenvalue weighted by Crippen LogP contribution is 2.37. The van der Waals surface area contributed by atoms with Crippen LogP contribution >= 0.6 is 11.8 Å². The summed E-state index contributed by atoms with van der Waals surface area (Å²) in [6.45, 7) is 5.50. The summed E-state index contributed by atoms with van der Waals surface area (Å²) in [5, 5.41) is 0.447. The molecule has 0 radical (unpaired) electrons. The molecule has 2 rings (SSSR count). The average Bonchev–Trinajstić information content (AvgIpc) is 2.68. The van der Waals surface area contributed by atoms with E-state index in [4.69, 9.17) is 4.74 Å². The molecule has 1 aromatic heterocycles. The van der Waals surface area contributed by atoms with E-state index in [1.807, 2.05) is 0 Å². The summed E-state index contributed by atoms with van der Waals surface area (Å²) in [6.07, 6.45) is -0.0391. The number of rotatable bonds is 10. The fraction of sp³-hybridized carbons (Fsp3) is 0.429. The molecule has 0 N–H and O–H groups in total. The Labute approximate surface area is 171 Å². The minimum atomic E-state index is -4.53. The maximum atomic E-state index is 13.5. The van der Waals surface area contributed by atoms with Crippen molar-refractivity contribution in [1.82, 2.24) is 4.57 Å². The van der Waals surface area contributed by atoms with Crippen molar-refractivity contribution in [3.63, 3.8) is 0 Å². The van der Waals surface area contributed by atoms with Gasteiger partial charge in [-0.2, -0.15) is 13.2 Å². The van der Waals surface area contributed by atoms with Crippen molar-refractivity contribution in [2.45, 2.75) is 50.2 Å². The second kappa shape index (κ2) is 10.5. The normalized spacial score (nSPS) is 11.6. The van der Waals surface area contributed by atoms with Crippen LogP contribution in [0.15, 0.2) is 46.6 Å². The lowest BCUT2D eigenvalue weighted by atomic mass is 10.1. The van der Waals surface area contributed by atoms with E-state index in [0.29, 0.717) is 22.6 Å². The molecule has 1 aromatic carbocycles. The van der Waals surface area contributed by atoms with Gasteiger partial charge < -0.3 is 9.30 Å². The minimum absolute atomic E-state index is 0.0541. The minimum Gasteiger partial charge on any atom is -0.463 e. The topological polar surface area (TPSA) is 48.3 Å². The Balaban J connectivity index is 2.06. The molecule has 1 heterocycles. The van der Waals surface area contributed by atoms with E-state index in [1.165, 1.54) is 28.5 Å². The van der Waals surface area contributed by atoms with E-state index in [-0.39, 0.29) is 12.1 Å². The van der Waals surface area contributed by atoms with E-state index in [0.717, 1.165) is 37.8 Å². The number of ether oxygens (including phenoxy) is 1. The molecule has 0 aliphatic carbocycles. The van der Waals surface area contributed by atoms with Gasteiger partial charge in [0, 0.05) is 29.0 Å². The molecule has 0 amide bonds. The quantitative estimate of drug-likeness (QED) is 0.220. The standard InChI is InChI=1S/C21H24F3NO3S/c1-3-19(27)28-12-7-5-6-8-13-29-17-14-18(26)25(4-2)20-15(17)10-9-11-16(20)21(22,23)24/h3,9-11,14H,1,4-8,12-13H2,2H3. The number of aryl methyl sites for hydroxylation is 1. The molecule has 0 aliphatic heterocycles. The number of para-hydroxylation sites is 1. The van der Waals surface area contributed by atoms with Crippen LogP contribution in [-0.2, 0) is 22.3 Å². The third-order valence-corrected chi connectivity index (χ3v) is 5.56. The number of halogens is 3. The molecule has 29 heavy (non-hydrogen) atoms. The Morgan fingerprint density at radius 3 is 2.62 bits per heavy atom. The van der Waals surface area contributed by atoms with Gasteiger partial charge in [-0.05, 0) is 31.6 Å². The fourth-order valence-electron chi connectivity index (χ4n) is 3.04. The van der Waals surface area contributed by atoms with Gasteiger partial charge in [0.05, 0.1) is 17.7 Å². The van der Waals surface area contributed by atoms with Crippen molar-refractivity contribution >= 4 is 28.6 Å². The van der Waals surface area contributed by atoms with Crippen LogP contribution in [0.4, 0.5) is 13.2 Å². The molecule has 158 valence electrons. The third-order valence-electron chi connectivity index (χ3n) is 4.42. The number of nitrogens with zero attached hydrogens (tertiary/aromatic N) is 1. The van der Waals surface area contributed by atoms with Crippen LogP contribution in [0.5, 0.6) is 0 Å². The summed E-state index contributed by atoms with van der Waals surface area (Å²) >= 11 is 1.40. The van der Waals surface area contributed by atoms with Crippen LogP contribution in [-0.4, -0.2) is 22.9 Å². The number of benzene rings is 1. The Morgan fingerprint density at radius 2 is 1.97 bits per heavy atom. The SMILES string of the molecule is C=CC(=O)OCCCCCCSc1cc(=O)n(CC)c2c(C(F)(F)F)cccc12. The van der Waals surface area contributed by atoms with Gasteiger partial charge in [-0.25, -0.2) is 4.79 Å². The van der Waals surface area contributed by atoms with Crippen molar-refractivity contribution in [3.8, 4) is 0 Å². The molecule has 0 saturated heterocycles. The maximum Gasteiger partial charge on any atom is 0.418 e. The zero-order chi connectivity index (χ0) is 21.4. The van der Waals surface area contributed by atoms with Gasteiger partial charge in [0.1, 0.15) is 0 Å². The second-order valence-electron chi connectivity index (χ2n) is 6.42. The molecule has 0 atom stereocenters. The Bertz CT molecular complexity index is 922. The molecule has 0 bridgehead atoms. The number of esters is 1. The van der Waals surface area contributed by atoms with Crippen LogP contribution in [0.1, 0.15) is 38.2 Å². The maximum absolute atomic E-state index is 13.5. The molecule has 0 unspecified atom stereocenters. The lowest BCUT2D eigenvalue weighted by Crippen LogP contribution is -2.22. The molecule has 2 aromatic rings. The Morgan fingerprint density at radius 1 is 1.24 bits per heavy atom. The van der Waals surface area contributed by atoms with Crippen LogP contribution in [0, 0.1) is 0 Å². The first kappa shape index (κ1) is 23.1. The van der Waals surface area contributed by atoms with E-state index in [1.54, 1.807) is 13.0 Å². The first-order chi connectivity index (χ1) is 13.8. The first-order valence-corrected chi connectivity index (χ1v) is 10.4. The number of unbranched alkanes of at least 4 members (excludes halogenated alkanes) is 3. The molecule has 4 nitrogen and oxygen atoms in total. The van der Waals surface area contributed by atoms with Gasteiger partial charge in [-0.15, -0.1) is 11.8 Å². The number of alkyl halides is 3. The zero-order valence-corrected chi connectivity index (χ0v) is 17.1. The van der Waals surface area contributed by atoms with Crippen LogP contribution in [0.25, 0.3) is 10.9 Å². The lowest BCUT2D eigenvalue weighted by Gasteiger charge is -2.17. The van der Waals surface area contributed by atoms with Crippen molar-refractivity contribution in [2.75, 3.05) is 12.4 Å². The largest absolute Gasteiger partial charge is 0.463 e. The number of hydrogen-bond donors (Lipinski definition) is 0. The van der Waals surface area contributed by atoms with E-state index < -0.39 is 23.3 Å². The van der Waals surface area contributed by atoms with Crippen LogP contribution in [0.3, 0.4) is 0 Å². The molecule has 0 saturated carbocycles. The Hall–Kier alpha value is -2.22. The second-order valence-corrected chi connectivity index (χ2v) is 7.56. The summed E-state index contributed by atoms with van der Waals surface area (Å²) < 4.78 is 46.5. The smallest absolute Gasteiger partial charge is 0.418 e. The predicted molar refractivity (Wildman–Crippen MR) is 109 cm³/mol. The first-order valence-electron chi connectivity index (χ1n) is 9.45. The monoisotopic (exact) mass is 427 g/mol. The predicted octanol–water partition coefficient (Wildman–Crippen LogP) is 5.42. The van der Waals surface area contributed by atoms with E-state index >= 15 is 0 Å². The highest BCUT2D eigenvalue weighted by Gasteiger charge is 2.34. The Kier molecular flexibility index (Phi) is 8.37. The van der Waals surface area contributed by atoms with Gasteiger partial charge >= 0.3 is 12.1 Å². The lowest BCUT2D eigenvalue weighted by molar-refractivity contribution is -0.138. The highest BCUT2D eigenvalue weighted by atomic mass is 32.2. The van der Waals surface area contributed by atoms with Gasteiger partial charge in [0.2, 0.25) is 0 Å². The zero-order valence-electron chi connectivity index (χ0n) is 16.3. The molecule has 0 fully saturated rings. The summed E-state index contributed by atoms with van der Waals surface area (Å²) in [6, 6.07) is 5.45. The number of pyridine rings is 1. The van der Waals surface area contributed by atoms with Gasteiger partial charge in [-0.1, -0.05) is 31.6 Å². The van der Waals surface area contributed by atoms with E-state index in [2.05, 4.69) is 6.58 Å². The summed E-state index contributed by atoms with van der Waals surface area (Å²) in [5.41, 5.74) is -1.27. The van der Waals surface area contributed by atoms with Crippen molar-refractivity contribution in [2.24, 2.45) is 0 Å². The molecule has 8 heteroatoms. The molecular formula is C21H24F3NO3S. The third kappa shape index (κ3) is 6.13. The number of hydrogen-bond acceptors (Lipinski definition) is 4. The number of fused-ring (bicyclic) bond motifs is 1. The number of thioether (sulfide) groups is 1. The number of aromatic nitrogens is 1. The summed E-state index contributed by atoms with van der Waals surface area (Å²) in [7, 11) is 0. The molecule has 0 spiro atoms. The summed E-state index contributed by atoms with van der Waals surface area (Å²) in [5.74, 6) is 0.250. The van der Waals surface area contributed by atoms with E-state index in [9.17, 15) is 22.8 Å². The van der Waals surface area contributed by atoms with Crippen molar-refractivity contribution in [1.29, 1.82) is 0 Å². The average molecular weight is 427 g/mol. The van der Waals surface area contributed by atoms with Crippen LogP contribution in [0.2, 0.25) is 0 Å². The molecule has 0 aliphatic rings. The fourth-order valence-corrected chi connectivity index (χ4v) is 4.12. The number of carbonyl (C=O) groups excluding carboxylic acids is 1. The van der Waals surface area contributed by atoms with Gasteiger partial charge in [-0.3, -0.25) is 4.79 Å². The highest BCUT2D eigenvalue weighted by molar-refractivity contribution is 7.99. The molecular weight excluding hydrogens is 403 g/mol. The summed E-state index contributed by atoms with van der Waals surface area (Å²) in [4.78, 5) is 23.9.